The summed E-state index contributed by atoms with van der Waals surface area (Å²) in [6, 6.07) is 3.79. The van der Waals surface area contributed by atoms with E-state index in [1.165, 1.54) is 11.8 Å². The van der Waals surface area contributed by atoms with E-state index in [1.54, 1.807) is 18.0 Å². The Kier molecular flexibility index (Phi) is 4.60. The number of aromatic nitrogens is 1. The maximum Gasteiger partial charge on any atom is 0.228 e. The van der Waals surface area contributed by atoms with E-state index < -0.39 is 0 Å². The molecular weight excluding hydrogens is 363 g/mol. The highest BCUT2D eigenvalue weighted by molar-refractivity contribution is 14.1. The molecule has 1 aromatic heterocycles. The van der Waals surface area contributed by atoms with Gasteiger partial charge in [0, 0.05) is 31.8 Å². The van der Waals surface area contributed by atoms with E-state index in [-0.39, 0.29) is 16.9 Å². The zero-order valence-corrected chi connectivity index (χ0v) is 12.9. The lowest BCUT2D eigenvalue weighted by atomic mass is 10.1. The zero-order chi connectivity index (χ0) is 13.1. The second kappa shape index (κ2) is 6.01. The Morgan fingerprint density at radius 3 is 3.11 bits per heavy atom. The number of nitrogens with zero attached hydrogens (tertiary/aromatic N) is 2. The van der Waals surface area contributed by atoms with Crippen LogP contribution in [0.5, 0.6) is 0 Å². The molecule has 1 aromatic rings. The Morgan fingerprint density at radius 1 is 1.67 bits per heavy atom. The summed E-state index contributed by atoms with van der Waals surface area (Å²) in [4.78, 5) is 28.9. The quantitative estimate of drug-likeness (QED) is 0.760. The Labute approximate surface area is 124 Å². The van der Waals surface area contributed by atoms with Crippen molar-refractivity contribution < 1.29 is 9.59 Å². The summed E-state index contributed by atoms with van der Waals surface area (Å²) < 4.78 is 0.975. The minimum atomic E-state index is 0.0979. The Bertz CT molecular complexity index is 481. The minimum absolute atomic E-state index is 0.0979. The van der Waals surface area contributed by atoms with Crippen molar-refractivity contribution in [3.8, 4) is 0 Å². The number of carbonyl (C=O) groups is 2. The van der Waals surface area contributed by atoms with Gasteiger partial charge < -0.3 is 0 Å². The standard InChI is InChI=1S/C12H13IN2O2S/c1-8(16)18-7-9-5-11(17)15(6-9)12-10(13)3-2-4-14-12/h2-4,9H,5-7H2,1H3. The Morgan fingerprint density at radius 2 is 2.44 bits per heavy atom. The number of hydrogen-bond donors (Lipinski definition) is 0. The molecule has 1 aliphatic heterocycles. The van der Waals surface area contributed by atoms with Gasteiger partial charge in [-0.25, -0.2) is 4.98 Å². The van der Waals surface area contributed by atoms with Crippen LogP contribution in [0.1, 0.15) is 13.3 Å². The third kappa shape index (κ3) is 3.23. The van der Waals surface area contributed by atoms with Gasteiger partial charge in [0.1, 0.15) is 5.82 Å². The van der Waals surface area contributed by atoms with Gasteiger partial charge in [0.15, 0.2) is 5.12 Å². The van der Waals surface area contributed by atoms with Gasteiger partial charge in [-0.15, -0.1) is 0 Å². The van der Waals surface area contributed by atoms with Gasteiger partial charge >= 0.3 is 0 Å². The molecule has 1 amide bonds. The number of amides is 1. The van der Waals surface area contributed by atoms with Gasteiger partial charge in [-0.2, -0.15) is 0 Å². The first-order valence-electron chi connectivity index (χ1n) is 5.62. The molecule has 1 saturated heterocycles. The predicted molar refractivity (Wildman–Crippen MR) is 80.6 cm³/mol. The lowest BCUT2D eigenvalue weighted by Gasteiger charge is -2.16. The molecule has 18 heavy (non-hydrogen) atoms. The van der Waals surface area contributed by atoms with Crippen molar-refractivity contribution in [3.63, 3.8) is 0 Å². The molecule has 0 N–H and O–H groups in total. The van der Waals surface area contributed by atoms with Crippen LogP contribution in [0.15, 0.2) is 18.3 Å². The normalized spacial score (nSPS) is 19.3. The third-order valence-corrected chi connectivity index (χ3v) is 4.61. The molecule has 0 spiro atoms. The smallest absolute Gasteiger partial charge is 0.228 e. The number of anilines is 1. The highest BCUT2D eigenvalue weighted by Gasteiger charge is 2.32. The second-order valence-electron chi connectivity index (χ2n) is 4.19. The van der Waals surface area contributed by atoms with E-state index in [0.717, 1.165) is 9.39 Å². The fourth-order valence-electron chi connectivity index (χ4n) is 1.91. The van der Waals surface area contributed by atoms with E-state index in [9.17, 15) is 9.59 Å². The van der Waals surface area contributed by atoms with Crippen LogP contribution >= 0.6 is 34.4 Å². The predicted octanol–water partition coefficient (Wildman–Crippen LogP) is 2.32. The summed E-state index contributed by atoms with van der Waals surface area (Å²) in [7, 11) is 0. The van der Waals surface area contributed by atoms with Crippen LogP contribution in [0.3, 0.4) is 0 Å². The summed E-state index contributed by atoms with van der Waals surface area (Å²) in [5, 5.41) is 0.105. The van der Waals surface area contributed by atoms with Crippen molar-refractivity contribution in [2.75, 3.05) is 17.2 Å². The molecule has 96 valence electrons. The van der Waals surface area contributed by atoms with E-state index in [1.807, 2.05) is 12.1 Å². The first-order chi connectivity index (χ1) is 8.58. The topological polar surface area (TPSA) is 50.3 Å². The molecule has 4 nitrogen and oxygen atoms in total. The van der Waals surface area contributed by atoms with Gasteiger partial charge in [0.05, 0.1) is 3.57 Å². The molecule has 1 atom stereocenters. The Hall–Kier alpha value is -0.630. The molecule has 2 rings (SSSR count). The van der Waals surface area contributed by atoms with E-state index in [4.69, 9.17) is 0 Å². The highest BCUT2D eigenvalue weighted by Crippen LogP contribution is 2.28. The van der Waals surface area contributed by atoms with E-state index in [0.29, 0.717) is 18.7 Å². The summed E-state index contributed by atoms with van der Waals surface area (Å²) in [5.41, 5.74) is 0. The van der Waals surface area contributed by atoms with Gasteiger partial charge in [-0.3, -0.25) is 14.5 Å². The molecule has 1 aliphatic rings. The van der Waals surface area contributed by atoms with E-state index >= 15 is 0 Å². The highest BCUT2D eigenvalue weighted by atomic mass is 127. The molecule has 1 unspecified atom stereocenters. The molecule has 2 heterocycles. The van der Waals surface area contributed by atoms with Crippen LogP contribution in [0.4, 0.5) is 5.82 Å². The lowest BCUT2D eigenvalue weighted by Crippen LogP contribution is -2.26. The number of carbonyl (C=O) groups excluding carboxylic acids is 2. The van der Waals surface area contributed by atoms with Crippen LogP contribution in [-0.2, 0) is 9.59 Å². The average molecular weight is 376 g/mol. The van der Waals surface area contributed by atoms with Crippen molar-refractivity contribution in [1.82, 2.24) is 4.98 Å². The fraction of sp³-hybridized carbons (Fsp3) is 0.417. The molecule has 0 aliphatic carbocycles. The number of thioether (sulfide) groups is 1. The molecule has 0 saturated carbocycles. The first kappa shape index (κ1) is 13.8. The lowest BCUT2D eigenvalue weighted by molar-refractivity contribution is -0.117. The van der Waals surface area contributed by atoms with Crippen molar-refractivity contribution in [2.24, 2.45) is 5.92 Å². The van der Waals surface area contributed by atoms with Crippen molar-refractivity contribution in [1.29, 1.82) is 0 Å². The van der Waals surface area contributed by atoms with Crippen molar-refractivity contribution >= 4 is 51.2 Å². The number of pyridine rings is 1. The largest absolute Gasteiger partial charge is 0.296 e. The minimum Gasteiger partial charge on any atom is -0.296 e. The molecule has 1 fully saturated rings. The van der Waals surface area contributed by atoms with Gasteiger partial charge in [-0.05, 0) is 40.6 Å². The fourth-order valence-corrected chi connectivity index (χ4v) is 3.24. The molecule has 0 bridgehead atoms. The first-order valence-corrected chi connectivity index (χ1v) is 7.68. The van der Waals surface area contributed by atoms with Crippen LogP contribution in [0.2, 0.25) is 0 Å². The monoisotopic (exact) mass is 376 g/mol. The van der Waals surface area contributed by atoms with Crippen LogP contribution in [-0.4, -0.2) is 28.3 Å². The van der Waals surface area contributed by atoms with Crippen molar-refractivity contribution in [2.45, 2.75) is 13.3 Å². The molecule has 0 radical (unpaired) electrons. The van der Waals surface area contributed by atoms with Crippen LogP contribution in [0, 0.1) is 9.49 Å². The van der Waals surface area contributed by atoms with E-state index in [2.05, 4.69) is 27.6 Å². The summed E-state index contributed by atoms with van der Waals surface area (Å²) in [5.74, 6) is 1.78. The Balaban J connectivity index is 2.06. The molecular formula is C12H13IN2O2S. The van der Waals surface area contributed by atoms with Gasteiger partial charge in [0.2, 0.25) is 5.91 Å². The van der Waals surface area contributed by atoms with Gasteiger partial charge in [0.25, 0.3) is 0 Å². The maximum atomic E-state index is 12.0. The van der Waals surface area contributed by atoms with Crippen LogP contribution < -0.4 is 4.90 Å². The zero-order valence-electron chi connectivity index (χ0n) is 9.93. The number of hydrogen-bond acceptors (Lipinski definition) is 4. The number of rotatable bonds is 3. The summed E-state index contributed by atoms with van der Waals surface area (Å²) in [6.45, 7) is 2.22. The maximum absolute atomic E-state index is 12.0. The summed E-state index contributed by atoms with van der Waals surface area (Å²) >= 11 is 3.48. The average Bonchev–Trinajstić information content (AvgIpc) is 2.69. The number of halogens is 1. The second-order valence-corrected chi connectivity index (χ2v) is 6.55. The third-order valence-electron chi connectivity index (χ3n) is 2.72. The van der Waals surface area contributed by atoms with Crippen molar-refractivity contribution in [3.05, 3.63) is 21.9 Å². The van der Waals surface area contributed by atoms with Crippen LogP contribution in [0.25, 0.3) is 0 Å². The SMILES string of the molecule is CC(=O)SCC1CC(=O)N(c2ncccc2I)C1. The summed E-state index contributed by atoms with van der Waals surface area (Å²) in [6.07, 6.45) is 2.20. The molecule has 0 aromatic carbocycles. The van der Waals surface area contributed by atoms with Gasteiger partial charge in [-0.1, -0.05) is 11.8 Å². The molecule has 6 heteroatoms.